The Balaban J connectivity index is 0.00000231. The van der Waals surface area contributed by atoms with Gasteiger partial charge in [0.1, 0.15) is 24.6 Å². The summed E-state index contributed by atoms with van der Waals surface area (Å²) >= 11 is 0. The molecule has 0 bridgehead atoms. The summed E-state index contributed by atoms with van der Waals surface area (Å²) in [6.07, 6.45) is 0. The van der Waals surface area contributed by atoms with E-state index in [1.54, 1.807) is 7.11 Å². The van der Waals surface area contributed by atoms with E-state index in [1.807, 2.05) is 54.6 Å². The average Bonchev–Trinajstić information content (AvgIpc) is 3.14. The lowest BCUT2D eigenvalue weighted by Gasteiger charge is -2.24. The van der Waals surface area contributed by atoms with Gasteiger partial charge in [-0.3, -0.25) is 0 Å². The molecule has 5 nitrogen and oxygen atoms in total. The van der Waals surface area contributed by atoms with Crippen molar-refractivity contribution >= 4 is 11.5 Å². The van der Waals surface area contributed by atoms with Crippen molar-refractivity contribution in [2.24, 2.45) is 0 Å². The fourth-order valence-electron chi connectivity index (χ4n) is 4.36. The van der Waals surface area contributed by atoms with Crippen molar-refractivity contribution < 1.29 is 36.1 Å². The van der Waals surface area contributed by atoms with Crippen LogP contribution in [0.3, 0.4) is 0 Å². The molecule has 0 saturated carbocycles. The molecule has 31 heavy (non-hydrogen) atoms. The second kappa shape index (κ2) is 8.83. The molecule has 0 radical (unpaired) electrons. The SMILES string of the molecule is COc1ccc(N2CC(O)(c3ccc(-c4ccccc4)cc3)[N+]3=C2COCC3)cc1.[Br-]. The van der Waals surface area contributed by atoms with Gasteiger partial charge >= 0.3 is 0 Å². The average molecular weight is 481 g/mol. The van der Waals surface area contributed by atoms with Crippen LogP contribution in [0.25, 0.3) is 11.1 Å². The van der Waals surface area contributed by atoms with Crippen molar-refractivity contribution in [3.8, 4) is 16.9 Å². The quantitative estimate of drug-likeness (QED) is 0.551. The van der Waals surface area contributed by atoms with Crippen LogP contribution in [0.1, 0.15) is 5.56 Å². The highest BCUT2D eigenvalue weighted by atomic mass is 79.9. The van der Waals surface area contributed by atoms with Crippen molar-refractivity contribution in [2.45, 2.75) is 5.72 Å². The standard InChI is InChI=1S/C25H25N2O3.BrH/c1-29-23-13-11-22(12-14-23)26-18-25(28,27-15-16-30-17-24(26)27)21-9-7-20(8-10-21)19-5-3-2-4-6-19;/h2-14,28H,15-18H2,1H3;1H/q+1;/p-1. The number of anilines is 1. The third kappa shape index (κ3) is 3.87. The van der Waals surface area contributed by atoms with Gasteiger partial charge in [-0.25, -0.2) is 9.48 Å². The van der Waals surface area contributed by atoms with Crippen LogP contribution in [0.4, 0.5) is 5.69 Å². The Bertz CT molecular complexity index is 1070. The second-order valence-electron chi connectivity index (χ2n) is 7.66. The summed E-state index contributed by atoms with van der Waals surface area (Å²) in [5.74, 6) is 1.80. The first-order valence-electron chi connectivity index (χ1n) is 10.2. The van der Waals surface area contributed by atoms with Gasteiger partial charge in [0.05, 0.1) is 13.7 Å². The number of benzene rings is 3. The van der Waals surface area contributed by atoms with Gasteiger partial charge in [-0.15, -0.1) is 0 Å². The molecule has 1 unspecified atom stereocenters. The lowest BCUT2D eigenvalue weighted by Crippen LogP contribution is -3.00. The third-order valence-electron chi connectivity index (χ3n) is 5.98. The molecule has 2 aliphatic rings. The highest BCUT2D eigenvalue weighted by Crippen LogP contribution is 2.35. The van der Waals surface area contributed by atoms with E-state index in [-0.39, 0.29) is 17.0 Å². The van der Waals surface area contributed by atoms with Crippen LogP contribution in [0, 0.1) is 0 Å². The van der Waals surface area contributed by atoms with E-state index < -0.39 is 5.72 Å². The molecule has 3 aromatic rings. The Morgan fingerprint density at radius 2 is 1.61 bits per heavy atom. The molecule has 0 aliphatic carbocycles. The van der Waals surface area contributed by atoms with Crippen molar-refractivity contribution in [2.75, 3.05) is 38.3 Å². The van der Waals surface area contributed by atoms with Gasteiger partial charge in [-0.2, -0.15) is 0 Å². The maximum atomic E-state index is 11.8. The minimum absolute atomic E-state index is 0. The Morgan fingerprint density at radius 3 is 2.29 bits per heavy atom. The predicted octanol–water partition coefficient (Wildman–Crippen LogP) is 0.473. The zero-order chi connectivity index (χ0) is 20.6. The number of rotatable bonds is 4. The summed E-state index contributed by atoms with van der Waals surface area (Å²) in [5, 5.41) is 11.8. The first-order valence-corrected chi connectivity index (χ1v) is 10.2. The van der Waals surface area contributed by atoms with E-state index in [0.717, 1.165) is 28.4 Å². The topological polar surface area (TPSA) is 44.9 Å². The predicted molar refractivity (Wildman–Crippen MR) is 117 cm³/mol. The highest BCUT2D eigenvalue weighted by molar-refractivity contribution is 5.97. The van der Waals surface area contributed by atoms with Crippen LogP contribution in [-0.2, 0) is 10.5 Å². The molecule has 160 valence electrons. The lowest BCUT2D eigenvalue weighted by atomic mass is 9.98. The Labute approximate surface area is 192 Å². The molecule has 5 rings (SSSR count). The number of hydrogen-bond donors (Lipinski definition) is 1. The maximum Gasteiger partial charge on any atom is 0.281 e. The number of nitrogens with zero attached hydrogens (tertiary/aromatic N) is 2. The zero-order valence-electron chi connectivity index (χ0n) is 17.4. The summed E-state index contributed by atoms with van der Waals surface area (Å²) in [7, 11) is 1.66. The number of halogens is 1. The van der Waals surface area contributed by atoms with Gasteiger partial charge in [0.2, 0.25) is 0 Å². The molecule has 0 aromatic heterocycles. The van der Waals surface area contributed by atoms with Crippen LogP contribution in [0.5, 0.6) is 5.75 Å². The molecule has 0 amide bonds. The summed E-state index contributed by atoms with van der Waals surface area (Å²) in [6, 6.07) is 26.4. The van der Waals surface area contributed by atoms with Gasteiger partial charge in [0, 0.05) is 5.56 Å². The number of β-amino-alcohol motifs (C(OH)–C–C–N with tert-alkyl or cyclic N) is 1. The van der Waals surface area contributed by atoms with E-state index in [4.69, 9.17) is 9.47 Å². The van der Waals surface area contributed by atoms with Gasteiger partial charge in [0.25, 0.3) is 11.6 Å². The smallest absolute Gasteiger partial charge is 0.281 e. The molecular weight excluding hydrogens is 456 g/mol. The molecule has 2 aliphatic heterocycles. The number of methoxy groups -OCH3 is 1. The molecule has 0 fully saturated rings. The van der Waals surface area contributed by atoms with Crippen molar-refractivity contribution in [1.82, 2.24) is 0 Å². The normalized spacial score (nSPS) is 20.3. The fraction of sp³-hybridized carbons (Fsp3) is 0.240. The molecular formula is C25H25BrN2O3. The largest absolute Gasteiger partial charge is 1.00 e. The van der Waals surface area contributed by atoms with Crippen LogP contribution in [-0.4, -0.2) is 48.9 Å². The van der Waals surface area contributed by atoms with Crippen LogP contribution < -0.4 is 26.6 Å². The van der Waals surface area contributed by atoms with Gasteiger partial charge < -0.3 is 31.6 Å². The van der Waals surface area contributed by atoms with Crippen molar-refractivity contribution in [1.29, 1.82) is 0 Å². The van der Waals surface area contributed by atoms with Gasteiger partial charge in [-0.05, 0) is 35.4 Å². The van der Waals surface area contributed by atoms with Crippen LogP contribution >= 0.6 is 0 Å². The minimum atomic E-state index is -1.10. The second-order valence-corrected chi connectivity index (χ2v) is 7.66. The molecule has 3 aromatic carbocycles. The summed E-state index contributed by atoms with van der Waals surface area (Å²) < 4.78 is 13.1. The summed E-state index contributed by atoms with van der Waals surface area (Å²) in [6.45, 7) is 2.18. The number of hydrogen-bond acceptors (Lipinski definition) is 4. The molecule has 2 heterocycles. The summed E-state index contributed by atoms with van der Waals surface area (Å²) in [5.41, 5.74) is 3.10. The maximum absolute atomic E-state index is 11.8. The van der Waals surface area contributed by atoms with E-state index in [0.29, 0.717) is 26.3 Å². The van der Waals surface area contributed by atoms with E-state index in [1.165, 1.54) is 5.56 Å². The Hall–Kier alpha value is -2.67. The van der Waals surface area contributed by atoms with Gasteiger partial charge in [0.15, 0.2) is 6.54 Å². The molecule has 1 atom stereocenters. The fourth-order valence-corrected chi connectivity index (χ4v) is 4.36. The highest BCUT2D eigenvalue weighted by Gasteiger charge is 2.52. The van der Waals surface area contributed by atoms with E-state index in [9.17, 15) is 5.11 Å². The van der Waals surface area contributed by atoms with E-state index in [2.05, 4.69) is 33.7 Å². The number of aliphatic hydroxyl groups is 1. The monoisotopic (exact) mass is 480 g/mol. The van der Waals surface area contributed by atoms with Crippen molar-refractivity contribution in [3.63, 3.8) is 0 Å². The Morgan fingerprint density at radius 1 is 0.935 bits per heavy atom. The lowest BCUT2D eigenvalue weighted by molar-refractivity contribution is -0.663. The first-order chi connectivity index (χ1) is 14.7. The van der Waals surface area contributed by atoms with Crippen LogP contribution in [0.15, 0.2) is 78.9 Å². The third-order valence-corrected chi connectivity index (χ3v) is 5.98. The molecule has 0 spiro atoms. The Kier molecular flexibility index (Phi) is 6.14. The molecule has 1 N–H and O–H groups in total. The summed E-state index contributed by atoms with van der Waals surface area (Å²) in [4.78, 5) is 2.14. The molecule has 6 heteroatoms. The zero-order valence-corrected chi connectivity index (χ0v) is 19.0. The van der Waals surface area contributed by atoms with Crippen molar-refractivity contribution in [3.05, 3.63) is 84.4 Å². The minimum Gasteiger partial charge on any atom is -1.00 e. The van der Waals surface area contributed by atoms with Crippen LogP contribution in [0.2, 0.25) is 0 Å². The van der Waals surface area contributed by atoms with Gasteiger partial charge in [-0.1, -0.05) is 54.6 Å². The first kappa shape index (κ1) is 21.6. The number of amidine groups is 1. The van der Waals surface area contributed by atoms with E-state index >= 15 is 0 Å². The number of ether oxygens (including phenoxy) is 2. The molecule has 0 saturated heterocycles.